The van der Waals surface area contributed by atoms with Crippen molar-refractivity contribution in [2.45, 2.75) is 12.8 Å². The van der Waals surface area contributed by atoms with Gasteiger partial charge in [-0.2, -0.15) is 0 Å². The third-order valence-electron chi connectivity index (χ3n) is 2.98. The van der Waals surface area contributed by atoms with Gasteiger partial charge in [-0.3, -0.25) is 0 Å². The van der Waals surface area contributed by atoms with E-state index in [4.69, 9.17) is 4.74 Å². The molecule has 0 saturated carbocycles. The number of rotatable bonds is 3. The minimum Gasteiger partial charge on any atom is -0.508 e. The monoisotopic (exact) mass is 256 g/mol. The summed E-state index contributed by atoms with van der Waals surface area (Å²) >= 11 is 0. The standard InChI is InChI=1S/C12H16O4S/c13-11-2-1-3-12(8-11)16-9-10-4-6-17(14,15)7-5-10/h1-3,8,10,13H,4-7,9H2. The highest BCUT2D eigenvalue weighted by Gasteiger charge is 2.23. The van der Waals surface area contributed by atoms with Crippen molar-refractivity contribution < 1.29 is 18.3 Å². The molecule has 0 aromatic heterocycles. The molecule has 5 heteroatoms. The van der Waals surface area contributed by atoms with Crippen molar-refractivity contribution >= 4 is 9.84 Å². The number of aromatic hydroxyl groups is 1. The van der Waals surface area contributed by atoms with Gasteiger partial charge in [0, 0.05) is 6.07 Å². The van der Waals surface area contributed by atoms with E-state index in [0.717, 1.165) is 0 Å². The Morgan fingerprint density at radius 3 is 2.65 bits per heavy atom. The van der Waals surface area contributed by atoms with E-state index in [-0.39, 0.29) is 17.3 Å². The van der Waals surface area contributed by atoms with Gasteiger partial charge >= 0.3 is 0 Å². The second-order valence-corrected chi connectivity index (χ2v) is 6.71. The number of phenolic OH excluding ortho intramolecular Hbond substituents is 1. The number of hydrogen-bond acceptors (Lipinski definition) is 4. The molecule has 0 spiro atoms. The topological polar surface area (TPSA) is 63.6 Å². The SMILES string of the molecule is O=S1(=O)CCC(COc2cccc(O)c2)CC1. The van der Waals surface area contributed by atoms with Gasteiger partial charge in [0.15, 0.2) is 0 Å². The van der Waals surface area contributed by atoms with E-state index in [1.165, 1.54) is 0 Å². The average Bonchev–Trinajstić information content (AvgIpc) is 2.28. The quantitative estimate of drug-likeness (QED) is 0.892. The van der Waals surface area contributed by atoms with E-state index in [1.54, 1.807) is 24.3 Å². The van der Waals surface area contributed by atoms with Gasteiger partial charge in [0.25, 0.3) is 0 Å². The maximum atomic E-state index is 11.2. The van der Waals surface area contributed by atoms with Gasteiger partial charge in [-0.1, -0.05) is 6.07 Å². The number of hydrogen-bond donors (Lipinski definition) is 1. The summed E-state index contributed by atoms with van der Waals surface area (Å²) in [6.07, 6.45) is 1.34. The van der Waals surface area contributed by atoms with Crippen LogP contribution in [0.5, 0.6) is 11.5 Å². The molecule has 1 fully saturated rings. The molecule has 1 saturated heterocycles. The van der Waals surface area contributed by atoms with Gasteiger partial charge in [0.2, 0.25) is 0 Å². The minimum atomic E-state index is -2.80. The molecule has 0 radical (unpaired) electrons. The van der Waals surface area contributed by atoms with E-state index in [9.17, 15) is 13.5 Å². The first-order valence-corrected chi connectivity index (χ1v) is 7.49. The summed E-state index contributed by atoms with van der Waals surface area (Å²) in [7, 11) is -2.80. The summed E-state index contributed by atoms with van der Waals surface area (Å²) in [4.78, 5) is 0. The van der Waals surface area contributed by atoms with E-state index >= 15 is 0 Å². The molecular formula is C12H16O4S. The molecule has 1 N–H and O–H groups in total. The lowest BCUT2D eigenvalue weighted by molar-refractivity contribution is 0.237. The van der Waals surface area contributed by atoms with Gasteiger partial charge in [-0.05, 0) is 30.9 Å². The van der Waals surface area contributed by atoms with Crippen molar-refractivity contribution in [2.75, 3.05) is 18.1 Å². The van der Waals surface area contributed by atoms with Crippen LogP contribution in [0.15, 0.2) is 24.3 Å². The van der Waals surface area contributed by atoms with Gasteiger partial charge in [-0.15, -0.1) is 0 Å². The molecule has 0 bridgehead atoms. The Kier molecular flexibility index (Phi) is 3.57. The predicted octanol–water partition coefficient (Wildman–Crippen LogP) is 1.60. The van der Waals surface area contributed by atoms with Crippen LogP contribution in [0.4, 0.5) is 0 Å². The van der Waals surface area contributed by atoms with Crippen molar-refractivity contribution in [3.8, 4) is 11.5 Å². The summed E-state index contributed by atoms with van der Waals surface area (Å²) in [5, 5.41) is 9.26. The highest BCUT2D eigenvalue weighted by Crippen LogP contribution is 2.22. The maximum absolute atomic E-state index is 11.2. The lowest BCUT2D eigenvalue weighted by Gasteiger charge is -2.21. The first-order valence-electron chi connectivity index (χ1n) is 5.67. The molecule has 94 valence electrons. The highest BCUT2D eigenvalue weighted by atomic mass is 32.2. The first-order chi connectivity index (χ1) is 8.05. The average molecular weight is 256 g/mol. The molecule has 1 aromatic carbocycles. The van der Waals surface area contributed by atoms with Crippen molar-refractivity contribution in [3.05, 3.63) is 24.3 Å². The van der Waals surface area contributed by atoms with E-state index in [2.05, 4.69) is 0 Å². The molecule has 4 nitrogen and oxygen atoms in total. The Hall–Kier alpha value is -1.23. The summed E-state index contributed by atoms with van der Waals surface area (Å²) in [6, 6.07) is 6.63. The Balaban J connectivity index is 1.84. The third-order valence-corrected chi connectivity index (χ3v) is 4.69. The normalized spacial score (nSPS) is 20.0. The molecule has 0 atom stereocenters. The zero-order valence-electron chi connectivity index (χ0n) is 9.50. The molecular weight excluding hydrogens is 240 g/mol. The fraction of sp³-hybridized carbons (Fsp3) is 0.500. The molecule has 1 aromatic rings. The van der Waals surface area contributed by atoms with Crippen molar-refractivity contribution in [2.24, 2.45) is 5.92 Å². The molecule has 1 aliphatic rings. The van der Waals surface area contributed by atoms with Crippen LogP contribution in [0, 0.1) is 5.92 Å². The molecule has 0 amide bonds. The zero-order valence-corrected chi connectivity index (χ0v) is 10.3. The van der Waals surface area contributed by atoms with Crippen LogP contribution in [0.25, 0.3) is 0 Å². The van der Waals surface area contributed by atoms with Crippen molar-refractivity contribution in [1.29, 1.82) is 0 Å². The highest BCUT2D eigenvalue weighted by molar-refractivity contribution is 7.91. The first kappa shape index (κ1) is 12.2. The molecule has 2 rings (SSSR count). The Labute approximate surface area is 101 Å². The predicted molar refractivity (Wildman–Crippen MR) is 65.0 cm³/mol. The Bertz CT molecular complexity index is 467. The number of ether oxygens (including phenoxy) is 1. The molecule has 0 aliphatic carbocycles. The van der Waals surface area contributed by atoms with Gasteiger partial charge in [-0.25, -0.2) is 8.42 Å². The Morgan fingerprint density at radius 1 is 1.29 bits per heavy atom. The van der Waals surface area contributed by atoms with Crippen LogP contribution in [0.1, 0.15) is 12.8 Å². The van der Waals surface area contributed by atoms with Gasteiger partial charge < -0.3 is 9.84 Å². The van der Waals surface area contributed by atoms with Crippen LogP contribution in [0.2, 0.25) is 0 Å². The van der Waals surface area contributed by atoms with Crippen LogP contribution < -0.4 is 4.74 Å². The number of sulfone groups is 1. The van der Waals surface area contributed by atoms with E-state index in [1.807, 2.05) is 0 Å². The summed E-state index contributed by atoms with van der Waals surface area (Å²) in [6.45, 7) is 0.513. The summed E-state index contributed by atoms with van der Waals surface area (Å²) in [5.41, 5.74) is 0. The fourth-order valence-electron chi connectivity index (χ4n) is 1.89. The van der Waals surface area contributed by atoms with Crippen LogP contribution in [0.3, 0.4) is 0 Å². The molecule has 1 heterocycles. The molecule has 17 heavy (non-hydrogen) atoms. The lowest BCUT2D eigenvalue weighted by atomic mass is 10.0. The van der Waals surface area contributed by atoms with E-state index < -0.39 is 9.84 Å². The van der Waals surface area contributed by atoms with Crippen molar-refractivity contribution in [3.63, 3.8) is 0 Å². The zero-order chi connectivity index (χ0) is 12.3. The minimum absolute atomic E-state index is 0.175. The largest absolute Gasteiger partial charge is 0.508 e. The Morgan fingerprint density at radius 2 is 2.00 bits per heavy atom. The van der Waals surface area contributed by atoms with Crippen LogP contribution in [-0.4, -0.2) is 31.6 Å². The lowest BCUT2D eigenvalue weighted by Crippen LogP contribution is -2.26. The van der Waals surface area contributed by atoms with Crippen molar-refractivity contribution in [1.82, 2.24) is 0 Å². The second kappa shape index (κ2) is 4.96. The second-order valence-electron chi connectivity index (χ2n) is 4.40. The number of phenols is 1. The van der Waals surface area contributed by atoms with Gasteiger partial charge in [0.05, 0.1) is 18.1 Å². The molecule has 0 unspecified atom stereocenters. The van der Waals surface area contributed by atoms with Gasteiger partial charge in [0.1, 0.15) is 21.3 Å². The third kappa shape index (κ3) is 3.63. The fourth-order valence-corrected chi connectivity index (χ4v) is 3.48. The number of benzene rings is 1. The van der Waals surface area contributed by atoms with Crippen LogP contribution >= 0.6 is 0 Å². The summed E-state index contributed by atoms with van der Waals surface area (Å²) < 4.78 is 28.0. The maximum Gasteiger partial charge on any atom is 0.150 e. The van der Waals surface area contributed by atoms with Crippen LogP contribution in [-0.2, 0) is 9.84 Å². The summed E-state index contributed by atoms with van der Waals surface area (Å²) in [5.74, 6) is 1.62. The van der Waals surface area contributed by atoms with E-state index in [0.29, 0.717) is 31.1 Å². The molecule has 1 aliphatic heterocycles. The smallest absolute Gasteiger partial charge is 0.150 e.